The molecule has 1 N–H and O–H groups in total. The number of ether oxygens (including phenoxy) is 1. The first-order chi connectivity index (χ1) is 11.1. The summed E-state index contributed by atoms with van der Waals surface area (Å²) in [4.78, 5) is 22.1. The molecule has 2 aromatic rings. The van der Waals surface area contributed by atoms with Crippen molar-refractivity contribution in [3.63, 3.8) is 0 Å². The standard InChI is InChI=1S/C17H16N2O4/c1-2-23-16-8-4-6-14(12-16)18-17(20)10-9-13-5-3-7-15(11-13)19(21)22/h3-12H,2H2,1H3,(H,18,20)/b10-9+. The van der Waals surface area contributed by atoms with Crippen molar-refractivity contribution < 1.29 is 14.5 Å². The molecule has 6 heteroatoms. The van der Waals surface area contributed by atoms with Gasteiger partial charge < -0.3 is 10.1 Å². The zero-order valence-corrected chi connectivity index (χ0v) is 12.6. The number of amides is 1. The summed E-state index contributed by atoms with van der Waals surface area (Å²) in [7, 11) is 0. The lowest BCUT2D eigenvalue weighted by atomic mass is 10.2. The molecule has 2 aromatic carbocycles. The average molecular weight is 312 g/mol. The summed E-state index contributed by atoms with van der Waals surface area (Å²) >= 11 is 0. The molecule has 0 saturated carbocycles. The fourth-order valence-electron chi connectivity index (χ4n) is 1.93. The highest BCUT2D eigenvalue weighted by molar-refractivity contribution is 6.02. The van der Waals surface area contributed by atoms with Crippen molar-refractivity contribution in [2.45, 2.75) is 6.92 Å². The van der Waals surface area contributed by atoms with Gasteiger partial charge in [0.15, 0.2) is 0 Å². The minimum Gasteiger partial charge on any atom is -0.494 e. The van der Waals surface area contributed by atoms with Gasteiger partial charge in [-0.3, -0.25) is 14.9 Å². The van der Waals surface area contributed by atoms with E-state index in [0.29, 0.717) is 23.6 Å². The zero-order chi connectivity index (χ0) is 16.7. The molecule has 1 amide bonds. The summed E-state index contributed by atoms with van der Waals surface area (Å²) in [6.07, 6.45) is 2.85. The van der Waals surface area contributed by atoms with Gasteiger partial charge in [-0.1, -0.05) is 18.2 Å². The Morgan fingerprint density at radius 2 is 2.04 bits per heavy atom. The van der Waals surface area contributed by atoms with Crippen LogP contribution >= 0.6 is 0 Å². The van der Waals surface area contributed by atoms with Crippen molar-refractivity contribution in [2.24, 2.45) is 0 Å². The fourth-order valence-corrected chi connectivity index (χ4v) is 1.93. The number of non-ortho nitro benzene ring substituents is 1. The van der Waals surface area contributed by atoms with Gasteiger partial charge in [-0.05, 0) is 30.7 Å². The van der Waals surface area contributed by atoms with Crippen LogP contribution in [0.25, 0.3) is 6.08 Å². The number of rotatable bonds is 6. The minimum absolute atomic E-state index is 0.0167. The van der Waals surface area contributed by atoms with Gasteiger partial charge in [0.05, 0.1) is 11.5 Å². The fraction of sp³-hybridized carbons (Fsp3) is 0.118. The molecule has 6 nitrogen and oxygen atoms in total. The number of nitro groups is 1. The second-order valence-corrected chi connectivity index (χ2v) is 4.64. The van der Waals surface area contributed by atoms with Crippen LogP contribution in [0.2, 0.25) is 0 Å². The van der Waals surface area contributed by atoms with Crippen molar-refractivity contribution in [2.75, 3.05) is 11.9 Å². The first-order valence-corrected chi connectivity index (χ1v) is 7.05. The predicted octanol–water partition coefficient (Wildman–Crippen LogP) is 3.65. The van der Waals surface area contributed by atoms with E-state index in [2.05, 4.69) is 5.32 Å². The van der Waals surface area contributed by atoms with Crippen LogP contribution in [-0.4, -0.2) is 17.4 Å². The highest BCUT2D eigenvalue weighted by Crippen LogP contribution is 2.18. The third-order valence-corrected chi connectivity index (χ3v) is 2.92. The molecule has 0 radical (unpaired) electrons. The van der Waals surface area contributed by atoms with Gasteiger partial charge in [0.1, 0.15) is 5.75 Å². The number of carbonyl (C=O) groups excluding carboxylic acids is 1. The van der Waals surface area contributed by atoms with Gasteiger partial charge in [0.2, 0.25) is 5.91 Å². The molecule has 2 rings (SSSR count). The molecule has 0 fully saturated rings. The molecule has 23 heavy (non-hydrogen) atoms. The summed E-state index contributed by atoms with van der Waals surface area (Å²) in [5.41, 5.74) is 1.18. The quantitative estimate of drug-likeness (QED) is 0.501. The summed E-state index contributed by atoms with van der Waals surface area (Å²) in [5, 5.41) is 13.4. The largest absolute Gasteiger partial charge is 0.494 e. The SMILES string of the molecule is CCOc1cccc(NC(=O)/C=C/c2cccc([N+](=O)[O-])c2)c1. The van der Waals surface area contributed by atoms with Gasteiger partial charge in [-0.25, -0.2) is 0 Å². The molecule has 0 heterocycles. The van der Waals surface area contributed by atoms with Crippen molar-refractivity contribution in [1.82, 2.24) is 0 Å². The lowest BCUT2D eigenvalue weighted by Gasteiger charge is -2.06. The number of nitrogens with one attached hydrogen (secondary N) is 1. The van der Waals surface area contributed by atoms with Crippen LogP contribution in [0, 0.1) is 10.1 Å². The Bertz CT molecular complexity index is 741. The molecule has 0 saturated heterocycles. The van der Waals surface area contributed by atoms with E-state index in [1.165, 1.54) is 24.3 Å². The van der Waals surface area contributed by atoms with Gasteiger partial charge >= 0.3 is 0 Å². The van der Waals surface area contributed by atoms with E-state index in [4.69, 9.17) is 4.74 Å². The average Bonchev–Trinajstić information content (AvgIpc) is 2.54. The first-order valence-electron chi connectivity index (χ1n) is 7.05. The maximum Gasteiger partial charge on any atom is 0.270 e. The summed E-state index contributed by atoms with van der Waals surface area (Å²) in [6.45, 7) is 2.43. The number of anilines is 1. The monoisotopic (exact) mass is 312 g/mol. The zero-order valence-electron chi connectivity index (χ0n) is 12.6. The molecule has 0 aliphatic heterocycles. The Kier molecular flexibility index (Phi) is 5.46. The van der Waals surface area contributed by atoms with E-state index >= 15 is 0 Å². The second-order valence-electron chi connectivity index (χ2n) is 4.64. The molecule has 0 bridgehead atoms. The van der Waals surface area contributed by atoms with Crippen LogP contribution in [-0.2, 0) is 4.79 Å². The normalized spacial score (nSPS) is 10.5. The lowest BCUT2D eigenvalue weighted by molar-refractivity contribution is -0.384. The Labute approximate surface area is 133 Å². The number of hydrogen-bond acceptors (Lipinski definition) is 4. The van der Waals surface area contributed by atoms with Crippen molar-refractivity contribution >= 4 is 23.4 Å². The second kappa shape index (κ2) is 7.74. The molecule has 118 valence electrons. The minimum atomic E-state index is -0.476. The van der Waals surface area contributed by atoms with Crippen LogP contribution in [0.4, 0.5) is 11.4 Å². The predicted molar refractivity (Wildman–Crippen MR) is 88.4 cm³/mol. The van der Waals surface area contributed by atoms with Crippen LogP contribution in [0.3, 0.4) is 0 Å². The molecular formula is C17H16N2O4. The number of carbonyl (C=O) groups is 1. The lowest BCUT2D eigenvalue weighted by Crippen LogP contribution is -2.07. The molecule has 0 atom stereocenters. The molecule has 0 spiro atoms. The molecule has 0 unspecified atom stereocenters. The third kappa shape index (κ3) is 4.96. The maximum atomic E-state index is 11.9. The van der Waals surface area contributed by atoms with Gasteiger partial charge in [0, 0.05) is 30.0 Å². The molecular weight excluding hydrogens is 296 g/mol. The number of hydrogen-bond donors (Lipinski definition) is 1. The van der Waals surface area contributed by atoms with E-state index in [1.54, 1.807) is 36.4 Å². The van der Waals surface area contributed by atoms with Gasteiger partial charge in [-0.15, -0.1) is 0 Å². The Morgan fingerprint density at radius 3 is 2.78 bits per heavy atom. The summed E-state index contributed by atoms with van der Waals surface area (Å²) < 4.78 is 5.36. The molecule has 0 aliphatic carbocycles. The van der Waals surface area contributed by atoms with E-state index in [-0.39, 0.29) is 11.6 Å². The molecule has 0 aromatic heterocycles. The van der Waals surface area contributed by atoms with Crippen LogP contribution in [0.1, 0.15) is 12.5 Å². The van der Waals surface area contributed by atoms with Crippen LogP contribution < -0.4 is 10.1 Å². The van der Waals surface area contributed by atoms with Crippen LogP contribution in [0.15, 0.2) is 54.6 Å². The Balaban J connectivity index is 2.03. The topological polar surface area (TPSA) is 81.5 Å². The third-order valence-electron chi connectivity index (χ3n) is 2.92. The van der Waals surface area contributed by atoms with Gasteiger partial charge in [0.25, 0.3) is 5.69 Å². The van der Waals surface area contributed by atoms with E-state index in [0.717, 1.165) is 0 Å². The highest BCUT2D eigenvalue weighted by Gasteiger charge is 2.04. The van der Waals surface area contributed by atoms with Crippen molar-refractivity contribution in [1.29, 1.82) is 0 Å². The number of nitro benzene ring substituents is 1. The molecule has 0 aliphatic rings. The van der Waals surface area contributed by atoms with Crippen molar-refractivity contribution in [3.8, 4) is 5.75 Å². The Hall–Kier alpha value is -3.15. The highest BCUT2D eigenvalue weighted by atomic mass is 16.6. The first kappa shape index (κ1) is 16.2. The maximum absolute atomic E-state index is 11.9. The smallest absolute Gasteiger partial charge is 0.270 e. The van der Waals surface area contributed by atoms with E-state index in [1.807, 2.05) is 6.92 Å². The Morgan fingerprint density at radius 1 is 1.26 bits per heavy atom. The van der Waals surface area contributed by atoms with Crippen LogP contribution in [0.5, 0.6) is 5.75 Å². The summed E-state index contributed by atoms with van der Waals surface area (Å²) in [6, 6.07) is 13.1. The van der Waals surface area contributed by atoms with E-state index in [9.17, 15) is 14.9 Å². The van der Waals surface area contributed by atoms with Crippen molar-refractivity contribution in [3.05, 3.63) is 70.3 Å². The number of benzene rings is 2. The van der Waals surface area contributed by atoms with Gasteiger partial charge in [-0.2, -0.15) is 0 Å². The van der Waals surface area contributed by atoms with E-state index < -0.39 is 4.92 Å². The number of nitrogens with zero attached hydrogens (tertiary/aromatic N) is 1. The summed E-state index contributed by atoms with van der Waals surface area (Å²) in [5.74, 6) is 0.345.